The summed E-state index contributed by atoms with van der Waals surface area (Å²) in [5.41, 5.74) is 0.633. The van der Waals surface area contributed by atoms with E-state index in [0.717, 1.165) is 25.9 Å². The Kier molecular flexibility index (Phi) is 3.06. The van der Waals surface area contributed by atoms with Gasteiger partial charge < -0.3 is 15.0 Å². The Labute approximate surface area is 110 Å². The fraction of sp³-hybridized carbons (Fsp3) is 0.462. The highest BCUT2D eigenvalue weighted by Gasteiger charge is 2.27. The molecule has 6 nitrogen and oxygen atoms in total. The summed E-state index contributed by atoms with van der Waals surface area (Å²) in [5.74, 6) is 0.593. The van der Waals surface area contributed by atoms with Crippen molar-refractivity contribution in [2.24, 2.45) is 0 Å². The number of pyridine rings is 1. The Balaban J connectivity index is 2.10. The van der Waals surface area contributed by atoms with Crippen molar-refractivity contribution in [2.45, 2.75) is 25.7 Å². The summed E-state index contributed by atoms with van der Waals surface area (Å²) in [6.45, 7) is 1.70. The van der Waals surface area contributed by atoms with Crippen LogP contribution in [-0.4, -0.2) is 27.4 Å². The van der Waals surface area contributed by atoms with Gasteiger partial charge in [-0.15, -0.1) is 0 Å². The first-order chi connectivity index (χ1) is 9.27. The third kappa shape index (κ3) is 2.14. The molecular formula is C13H16N4O2. The lowest BCUT2D eigenvalue weighted by molar-refractivity contribution is -0.389. The van der Waals surface area contributed by atoms with Crippen molar-refractivity contribution < 1.29 is 4.92 Å². The summed E-state index contributed by atoms with van der Waals surface area (Å²) in [7, 11) is 0. The van der Waals surface area contributed by atoms with E-state index in [0.29, 0.717) is 11.5 Å². The van der Waals surface area contributed by atoms with Crippen LogP contribution in [0, 0.1) is 10.1 Å². The molecule has 3 heterocycles. The highest BCUT2D eigenvalue weighted by Crippen LogP contribution is 2.30. The van der Waals surface area contributed by atoms with Gasteiger partial charge in [0, 0.05) is 19.2 Å². The van der Waals surface area contributed by atoms with Crippen LogP contribution in [0.3, 0.4) is 0 Å². The van der Waals surface area contributed by atoms with Gasteiger partial charge >= 0.3 is 5.82 Å². The van der Waals surface area contributed by atoms with Crippen LogP contribution in [0.25, 0.3) is 5.65 Å². The predicted octanol–water partition coefficient (Wildman–Crippen LogP) is 2.62. The number of hydrogen-bond acceptors (Lipinski definition) is 4. The van der Waals surface area contributed by atoms with E-state index in [9.17, 15) is 10.1 Å². The summed E-state index contributed by atoms with van der Waals surface area (Å²) in [4.78, 5) is 17.5. The van der Waals surface area contributed by atoms with Gasteiger partial charge in [-0.25, -0.2) is 0 Å². The van der Waals surface area contributed by atoms with Gasteiger partial charge in [-0.05, 0) is 23.8 Å². The molecule has 0 atom stereocenters. The van der Waals surface area contributed by atoms with Crippen LogP contribution in [0.1, 0.15) is 25.7 Å². The Morgan fingerprint density at radius 3 is 2.58 bits per heavy atom. The van der Waals surface area contributed by atoms with Crippen molar-refractivity contribution in [3.8, 4) is 0 Å². The molecule has 1 saturated heterocycles. The van der Waals surface area contributed by atoms with E-state index < -0.39 is 0 Å². The van der Waals surface area contributed by atoms with Gasteiger partial charge in [0.1, 0.15) is 0 Å². The quantitative estimate of drug-likeness (QED) is 0.615. The number of rotatable bonds is 2. The number of nitro groups is 1. The monoisotopic (exact) mass is 260 g/mol. The first-order valence-electron chi connectivity index (χ1n) is 6.64. The Morgan fingerprint density at radius 1 is 1.16 bits per heavy atom. The van der Waals surface area contributed by atoms with Gasteiger partial charge in [0.25, 0.3) is 0 Å². The lowest BCUT2D eigenvalue weighted by Gasteiger charge is -2.18. The molecule has 0 aromatic carbocycles. The number of imidazole rings is 1. The van der Waals surface area contributed by atoms with Crippen LogP contribution in [0.4, 0.5) is 11.6 Å². The molecule has 1 fully saturated rings. The number of nitrogens with zero attached hydrogens (tertiary/aromatic N) is 4. The number of anilines is 1. The molecule has 0 bridgehead atoms. The molecule has 2 aromatic rings. The molecular weight excluding hydrogens is 244 g/mol. The molecule has 0 spiro atoms. The zero-order valence-corrected chi connectivity index (χ0v) is 10.7. The van der Waals surface area contributed by atoms with E-state index in [1.807, 2.05) is 6.07 Å². The Bertz CT molecular complexity index is 600. The highest BCUT2D eigenvalue weighted by atomic mass is 16.6. The normalized spacial score (nSPS) is 16.5. The molecule has 0 aliphatic carbocycles. The van der Waals surface area contributed by atoms with Gasteiger partial charge in [-0.2, -0.15) is 9.38 Å². The van der Waals surface area contributed by atoms with Crippen molar-refractivity contribution in [3.63, 3.8) is 0 Å². The fourth-order valence-electron chi connectivity index (χ4n) is 2.63. The molecule has 0 N–H and O–H groups in total. The van der Waals surface area contributed by atoms with Crippen molar-refractivity contribution >= 4 is 17.3 Å². The predicted molar refractivity (Wildman–Crippen MR) is 72.5 cm³/mol. The van der Waals surface area contributed by atoms with E-state index in [2.05, 4.69) is 9.88 Å². The lowest BCUT2D eigenvalue weighted by Crippen LogP contribution is -2.25. The maximum Gasteiger partial charge on any atom is 0.372 e. The largest absolute Gasteiger partial charge is 0.372 e. The Morgan fingerprint density at radius 2 is 1.89 bits per heavy atom. The van der Waals surface area contributed by atoms with Gasteiger partial charge in [0.15, 0.2) is 0 Å². The Hall–Kier alpha value is -2.11. The second-order valence-electron chi connectivity index (χ2n) is 4.85. The summed E-state index contributed by atoms with van der Waals surface area (Å²) in [5, 5.41) is 11.3. The molecule has 0 amide bonds. The highest BCUT2D eigenvalue weighted by molar-refractivity contribution is 5.63. The van der Waals surface area contributed by atoms with Crippen LogP contribution < -0.4 is 4.90 Å². The van der Waals surface area contributed by atoms with Gasteiger partial charge in [-0.3, -0.25) is 0 Å². The minimum atomic E-state index is -0.333. The van der Waals surface area contributed by atoms with E-state index in [1.54, 1.807) is 22.7 Å². The molecule has 0 radical (unpaired) electrons. The molecule has 0 unspecified atom stereocenters. The molecule has 2 aromatic heterocycles. The molecule has 1 aliphatic heterocycles. The third-order valence-corrected chi connectivity index (χ3v) is 3.57. The summed E-state index contributed by atoms with van der Waals surface area (Å²) >= 11 is 0. The summed E-state index contributed by atoms with van der Waals surface area (Å²) in [6.07, 6.45) is 6.23. The lowest BCUT2D eigenvalue weighted by atomic mass is 10.2. The molecule has 0 saturated carbocycles. The van der Waals surface area contributed by atoms with E-state index >= 15 is 0 Å². The number of fused-ring (bicyclic) bond motifs is 1. The van der Waals surface area contributed by atoms with Gasteiger partial charge in [0.2, 0.25) is 11.5 Å². The minimum absolute atomic E-state index is 0.0810. The molecule has 3 rings (SSSR count). The van der Waals surface area contributed by atoms with E-state index in [4.69, 9.17) is 0 Å². The number of hydrogen-bond donors (Lipinski definition) is 0. The SMILES string of the molecule is O=[N+]([O-])c1c(N2CCCCCC2)nc2ccccn12. The maximum atomic E-state index is 11.3. The van der Waals surface area contributed by atoms with Crippen LogP contribution >= 0.6 is 0 Å². The zero-order chi connectivity index (χ0) is 13.2. The average Bonchev–Trinajstić information content (AvgIpc) is 2.59. The van der Waals surface area contributed by atoms with Crippen LogP contribution in [0.15, 0.2) is 24.4 Å². The van der Waals surface area contributed by atoms with Crippen LogP contribution in [0.2, 0.25) is 0 Å². The van der Waals surface area contributed by atoms with Gasteiger partial charge in [-0.1, -0.05) is 18.9 Å². The minimum Gasteiger partial charge on any atom is -0.358 e. The molecule has 1 aliphatic rings. The second kappa shape index (κ2) is 4.87. The van der Waals surface area contributed by atoms with Crippen molar-refractivity contribution in [1.82, 2.24) is 9.38 Å². The summed E-state index contributed by atoms with van der Waals surface area (Å²) < 4.78 is 1.56. The maximum absolute atomic E-state index is 11.3. The van der Waals surface area contributed by atoms with Crippen molar-refractivity contribution in [2.75, 3.05) is 18.0 Å². The standard InChI is InChI=1S/C13H16N4O2/c18-17(19)13-12(15-8-4-1-2-5-9-15)14-11-7-3-6-10-16(11)13/h3,6-7,10H,1-2,4-5,8-9H2. The fourth-order valence-corrected chi connectivity index (χ4v) is 2.63. The first-order valence-corrected chi connectivity index (χ1v) is 6.64. The average molecular weight is 260 g/mol. The van der Waals surface area contributed by atoms with Gasteiger partial charge in [0.05, 0.1) is 6.20 Å². The molecule has 19 heavy (non-hydrogen) atoms. The smallest absolute Gasteiger partial charge is 0.358 e. The molecule has 100 valence electrons. The zero-order valence-electron chi connectivity index (χ0n) is 10.7. The van der Waals surface area contributed by atoms with Crippen molar-refractivity contribution in [1.29, 1.82) is 0 Å². The summed E-state index contributed by atoms with van der Waals surface area (Å²) in [6, 6.07) is 5.43. The second-order valence-corrected chi connectivity index (χ2v) is 4.85. The van der Waals surface area contributed by atoms with Crippen molar-refractivity contribution in [3.05, 3.63) is 34.5 Å². The van der Waals surface area contributed by atoms with Crippen LogP contribution in [0.5, 0.6) is 0 Å². The third-order valence-electron chi connectivity index (χ3n) is 3.57. The van der Waals surface area contributed by atoms with E-state index in [1.165, 1.54) is 12.8 Å². The first kappa shape index (κ1) is 12.0. The van der Waals surface area contributed by atoms with E-state index in [-0.39, 0.29) is 10.7 Å². The van der Waals surface area contributed by atoms with Crippen LogP contribution in [-0.2, 0) is 0 Å². The number of aromatic nitrogens is 2. The topological polar surface area (TPSA) is 63.7 Å². The molecule has 6 heteroatoms.